The second-order valence-electron chi connectivity index (χ2n) is 10.0. The smallest absolute Gasteiger partial charge is 0.368 e. The maximum absolute atomic E-state index is 13.2. The summed E-state index contributed by atoms with van der Waals surface area (Å²) < 4.78 is 66.6. The highest BCUT2D eigenvalue weighted by Gasteiger charge is 2.32. The van der Waals surface area contributed by atoms with Gasteiger partial charge in [-0.3, -0.25) is 9.69 Å². The molecule has 0 aliphatic carbocycles. The van der Waals surface area contributed by atoms with Crippen LogP contribution in [-0.4, -0.2) is 80.8 Å². The first-order chi connectivity index (χ1) is 19.1. The number of rotatable bonds is 6. The summed E-state index contributed by atoms with van der Waals surface area (Å²) in [5.41, 5.74) is 1.35. The zero-order valence-electron chi connectivity index (χ0n) is 21.9. The van der Waals surface area contributed by atoms with Crippen molar-refractivity contribution in [1.82, 2.24) is 14.1 Å². The van der Waals surface area contributed by atoms with Crippen molar-refractivity contribution in [2.45, 2.75) is 17.6 Å². The standard InChI is InChI=1S/C29H31F3N4O3S/c30-29(31,32)25-8-5-9-26(21-25)34-14-16-35(17-15-34)28(37)24-7-4-6-23(20-24)22-33-12-18-36(19-13-33)40(38,39)27-10-2-1-3-11-27/h1-11,20-21H,12-19,22H2. The number of alkyl halides is 3. The van der Waals surface area contributed by atoms with Crippen LogP contribution in [0, 0.1) is 0 Å². The molecule has 5 rings (SSSR count). The van der Waals surface area contributed by atoms with Crippen molar-refractivity contribution in [2.75, 3.05) is 57.3 Å². The Bertz CT molecular complexity index is 1430. The first-order valence-corrected chi connectivity index (χ1v) is 14.6. The van der Waals surface area contributed by atoms with Gasteiger partial charge in [0.05, 0.1) is 10.5 Å². The van der Waals surface area contributed by atoms with E-state index in [1.807, 2.05) is 23.1 Å². The number of halogens is 3. The van der Waals surface area contributed by atoms with Crippen LogP contribution in [0.3, 0.4) is 0 Å². The molecule has 2 aliphatic heterocycles. The van der Waals surface area contributed by atoms with Crippen LogP contribution in [0.15, 0.2) is 83.8 Å². The topological polar surface area (TPSA) is 64.2 Å². The molecule has 212 valence electrons. The van der Waals surface area contributed by atoms with Gasteiger partial charge in [-0.15, -0.1) is 0 Å². The average molecular weight is 573 g/mol. The van der Waals surface area contributed by atoms with E-state index in [0.29, 0.717) is 75.0 Å². The first kappa shape index (κ1) is 28.1. The molecule has 40 heavy (non-hydrogen) atoms. The number of benzene rings is 3. The van der Waals surface area contributed by atoms with E-state index in [1.165, 1.54) is 10.4 Å². The summed E-state index contributed by atoms with van der Waals surface area (Å²) in [6.45, 7) is 4.28. The number of anilines is 1. The lowest BCUT2D eigenvalue weighted by atomic mass is 10.1. The van der Waals surface area contributed by atoms with E-state index in [-0.39, 0.29) is 5.91 Å². The third-order valence-corrected chi connectivity index (χ3v) is 9.31. The number of carbonyl (C=O) groups is 1. The maximum atomic E-state index is 13.2. The van der Waals surface area contributed by atoms with E-state index in [9.17, 15) is 26.4 Å². The number of carbonyl (C=O) groups excluding carboxylic acids is 1. The van der Waals surface area contributed by atoms with Crippen molar-refractivity contribution >= 4 is 21.6 Å². The highest BCUT2D eigenvalue weighted by atomic mass is 32.2. The minimum absolute atomic E-state index is 0.107. The zero-order chi connectivity index (χ0) is 28.3. The molecule has 3 aromatic carbocycles. The van der Waals surface area contributed by atoms with Crippen molar-refractivity contribution < 1.29 is 26.4 Å². The minimum atomic E-state index is -4.40. The molecule has 2 fully saturated rings. The molecule has 2 heterocycles. The monoisotopic (exact) mass is 572 g/mol. The van der Waals surface area contributed by atoms with E-state index in [0.717, 1.165) is 17.7 Å². The molecule has 0 spiro atoms. The molecular weight excluding hydrogens is 541 g/mol. The molecule has 3 aromatic rings. The first-order valence-electron chi connectivity index (χ1n) is 13.2. The summed E-state index contributed by atoms with van der Waals surface area (Å²) in [4.78, 5) is 19.3. The van der Waals surface area contributed by atoms with Gasteiger partial charge < -0.3 is 9.80 Å². The summed E-state index contributed by atoms with van der Waals surface area (Å²) in [5, 5.41) is 0. The quantitative estimate of drug-likeness (QED) is 0.444. The highest BCUT2D eigenvalue weighted by molar-refractivity contribution is 7.89. The van der Waals surface area contributed by atoms with Crippen molar-refractivity contribution in [3.05, 3.63) is 95.6 Å². The molecule has 1 amide bonds. The molecule has 7 nitrogen and oxygen atoms in total. The van der Waals surface area contributed by atoms with E-state index < -0.39 is 21.8 Å². The lowest BCUT2D eigenvalue weighted by Crippen LogP contribution is -2.49. The van der Waals surface area contributed by atoms with Crippen LogP contribution in [-0.2, 0) is 22.7 Å². The van der Waals surface area contributed by atoms with Crippen LogP contribution < -0.4 is 4.90 Å². The Morgan fingerprint density at radius 1 is 0.750 bits per heavy atom. The van der Waals surface area contributed by atoms with Crippen molar-refractivity contribution in [2.24, 2.45) is 0 Å². The lowest BCUT2D eigenvalue weighted by molar-refractivity contribution is -0.137. The summed E-state index contributed by atoms with van der Waals surface area (Å²) in [7, 11) is -3.52. The molecule has 0 N–H and O–H groups in total. The fourth-order valence-corrected chi connectivity index (χ4v) is 6.60. The normalized spacial score (nSPS) is 17.7. The average Bonchev–Trinajstić information content (AvgIpc) is 2.97. The molecule has 0 aromatic heterocycles. The zero-order valence-corrected chi connectivity index (χ0v) is 22.7. The van der Waals surface area contributed by atoms with Crippen molar-refractivity contribution in [1.29, 1.82) is 0 Å². The molecule has 0 unspecified atom stereocenters. The van der Waals surface area contributed by atoms with Crippen LogP contribution >= 0.6 is 0 Å². The summed E-state index contributed by atoms with van der Waals surface area (Å²) in [6, 6.07) is 21.1. The number of amides is 1. The van der Waals surface area contributed by atoms with Crippen LogP contribution in [0.25, 0.3) is 0 Å². The molecule has 2 aliphatic rings. The Hall–Kier alpha value is -3.41. The van der Waals surface area contributed by atoms with Crippen LogP contribution in [0.4, 0.5) is 18.9 Å². The van der Waals surface area contributed by atoms with Gasteiger partial charge in [-0.25, -0.2) is 8.42 Å². The number of hydrogen-bond donors (Lipinski definition) is 0. The number of sulfonamides is 1. The van der Waals surface area contributed by atoms with Gasteiger partial charge in [-0.2, -0.15) is 17.5 Å². The fourth-order valence-electron chi connectivity index (χ4n) is 5.16. The third-order valence-electron chi connectivity index (χ3n) is 7.40. The van der Waals surface area contributed by atoms with Crippen molar-refractivity contribution in [3.63, 3.8) is 0 Å². The van der Waals surface area contributed by atoms with E-state index in [1.54, 1.807) is 47.4 Å². The molecule has 0 bridgehead atoms. The predicted molar refractivity (Wildman–Crippen MR) is 146 cm³/mol. The number of nitrogens with zero attached hydrogens (tertiary/aromatic N) is 4. The lowest BCUT2D eigenvalue weighted by Gasteiger charge is -2.36. The Morgan fingerprint density at radius 2 is 1.43 bits per heavy atom. The molecule has 0 saturated carbocycles. The third kappa shape index (κ3) is 6.32. The number of hydrogen-bond acceptors (Lipinski definition) is 5. The van der Waals surface area contributed by atoms with Gasteiger partial charge in [0.1, 0.15) is 0 Å². The van der Waals surface area contributed by atoms with E-state index in [4.69, 9.17) is 0 Å². The molecular formula is C29H31F3N4O3S. The second-order valence-corrected chi connectivity index (χ2v) is 12.0. The Kier molecular flexibility index (Phi) is 8.16. The van der Waals surface area contributed by atoms with Gasteiger partial charge in [0, 0.05) is 70.2 Å². The van der Waals surface area contributed by atoms with Gasteiger partial charge in [-0.05, 0) is 48.0 Å². The summed E-state index contributed by atoms with van der Waals surface area (Å²) in [5.74, 6) is -0.107. The molecule has 0 atom stereocenters. The molecule has 11 heteroatoms. The van der Waals surface area contributed by atoms with Crippen LogP contribution in [0.2, 0.25) is 0 Å². The summed E-state index contributed by atoms with van der Waals surface area (Å²) in [6.07, 6.45) is -4.40. The van der Waals surface area contributed by atoms with Gasteiger partial charge in [0.15, 0.2) is 0 Å². The van der Waals surface area contributed by atoms with Crippen molar-refractivity contribution in [3.8, 4) is 0 Å². The van der Waals surface area contributed by atoms with Crippen LogP contribution in [0.1, 0.15) is 21.5 Å². The van der Waals surface area contributed by atoms with Gasteiger partial charge in [0.2, 0.25) is 10.0 Å². The second kappa shape index (κ2) is 11.6. The minimum Gasteiger partial charge on any atom is -0.368 e. The SMILES string of the molecule is O=C(c1cccc(CN2CCN(S(=O)(=O)c3ccccc3)CC2)c1)N1CCN(c2cccc(C(F)(F)F)c2)CC1. The highest BCUT2D eigenvalue weighted by Crippen LogP contribution is 2.32. The summed E-state index contributed by atoms with van der Waals surface area (Å²) >= 11 is 0. The molecule has 2 saturated heterocycles. The molecule has 0 radical (unpaired) electrons. The van der Waals surface area contributed by atoms with Gasteiger partial charge in [-0.1, -0.05) is 36.4 Å². The Morgan fingerprint density at radius 3 is 2.10 bits per heavy atom. The Labute approximate surface area is 232 Å². The van der Waals surface area contributed by atoms with Crippen LogP contribution in [0.5, 0.6) is 0 Å². The number of piperazine rings is 2. The van der Waals surface area contributed by atoms with E-state index in [2.05, 4.69) is 4.90 Å². The van der Waals surface area contributed by atoms with Gasteiger partial charge >= 0.3 is 6.18 Å². The largest absolute Gasteiger partial charge is 0.416 e. The Balaban J connectivity index is 1.15. The van der Waals surface area contributed by atoms with E-state index >= 15 is 0 Å². The van der Waals surface area contributed by atoms with Gasteiger partial charge in [0.25, 0.3) is 5.91 Å². The predicted octanol–water partition coefficient (Wildman–Crippen LogP) is 4.17. The fraction of sp³-hybridized carbons (Fsp3) is 0.345. The maximum Gasteiger partial charge on any atom is 0.416 e.